The highest BCUT2D eigenvalue weighted by Crippen LogP contribution is 2.25. The van der Waals surface area contributed by atoms with Crippen LogP contribution in [0.3, 0.4) is 0 Å². The zero-order chi connectivity index (χ0) is 16.7. The van der Waals surface area contributed by atoms with Crippen LogP contribution in [0.2, 0.25) is 0 Å². The van der Waals surface area contributed by atoms with Gasteiger partial charge in [-0.1, -0.05) is 18.2 Å². The quantitative estimate of drug-likeness (QED) is 0.665. The molecule has 1 aromatic carbocycles. The summed E-state index contributed by atoms with van der Waals surface area (Å²) in [5.74, 6) is -1.36. The van der Waals surface area contributed by atoms with Crippen molar-refractivity contribution in [3.63, 3.8) is 0 Å². The highest BCUT2D eigenvalue weighted by molar-refractivity contribution is 5.94. The van der Waals surface area contributed by atoms with Crippen molar-refractivity contribution in [3.05, 3.63) is 35.9 Å². The van der Waals surface area contributed by atoms with Crippen molar-refractivity contribution < 1.29 is 19.5 Å². The monoisotopic (exact) mass is 318 g/mol. The second kappa shape index (κ2) is 8.31. The molecule has 23 heavy (non-hydrogen) atoms. The smallest absolute Gasteiger partial charge is 0.306 e. The fourth-order valence-electron chi connectivity index (χ4n) is 2.78. The first-order valence-corrected chi connectivity index (χ1v) is 7.91. The molecule has 0 unspecified atom stereocenters. The number of amides is 2. The molecule has 3 N–H and O–H groups in total. The van der Waals surface area contributed by atoms with E-state index in [0.717, 1.165) is 0 Å². The summed E-state index contributed by atoms with van der Waals surface area (Å²) in [5, 5.41) is 14.6. The van der Waals surface area contributed by atoms with Crippen molar-refractivity contribution in [1.29, 1.82) is 0 Å². The zero-order valence-corrected chi connectivity index (χ0v) is 13.0. The van der Waals surface area contributed by atoms with E-state index in [-0.39, 0.29) is 23.8 Å². The van der Waals surface area contributed by atoms with Gasteiger partial charge in [-0.25, -0.2) is 0 Å². The predicted molar refractivity (Wildman–Crippen MR) is 84.9 cm³/mol. The maximum Gasteiger partial charge on any atom is 0.306 e. The van der Waals surface area contributed by atoms with Gasteiger partial charge >= 0.3 is 5.97 Å². The number of carboxylic acids is 1. The topological polar surface area (TPSA) is 95.5 Å². The number of carboxylic acid groups (broad SMARTS) is 1. The Labute approximate surface area is 135 Å². The molecule has 0 spiro atoms. The zero-order valence-electron chi connectivity index (χ0n) is 13.0. The number of benzene rings is 1. The Hall–Kier alpha value is -2.37. The van der Waals surface area contributed by atoms with Crippen LogP contribution in [0.1, 0.15) is 42.5 Å². The van der Waals surface area contributed by atoms with E-state index < -0.39 is 5.97 Å². The SMILES string of the molecule is O=C(CCCNC(=O)c1ccccc1)N[C@H]1CC[C@@H](C(=O)O)C1. The van der Waals surface area contributed by atoms with Crippen LogP contribution in [-0.2, 0) is 9.59 Å². The van der Waals surface area contributed by atoms with Crippen molar-refractivity contribution in [2.75, 3.05) is 6.54 Å². The summed E-state index contributed by atoms with van der Waals surface area (Å²) in [7, 11) is 0. The Balaban J connectivity index is 1.60. The van der Waals surface area contributed by atoms with E-state index in [9.17, 15) is 14.4 Å². The van der Waals surface area contributed by atoms with Crippen LogP contribution < -0.4 is 10.6 Å². The van der Waals surface area contributed by atoms with Crippen LogP contribution in [0, 0.1) is 5.92 Å². The number of hydrogen-bond acceptors (Lipinski definition) is 3. The highest BCUT2D eigenvalue weighted by Gasteiger charge is 2.30. The first-order chi connectivity index (χ1) is 11.1. The molecule has 2 amide bonds. The van der Waals surface area contributed by atoms with Crippen LogP contribution in [0.4, 0.5) is 0 Å². The van der Waals surface area contributed by atoms with Gasteiger partial charge in [0.2, 0.25) is 5.91 Å². The van der Waals surface area contributed by atoms with Gasteiger partial charge in [-0.3, -0.25) is 14.4 Å². The molecule has 0 radical (unpaired) electrons. The minimum Gasteiger partial charge on any atom is -0.481 e. The Morgan fingerprint density at radius 1 is 1.13 bits per heavy atom. The summed E-state index contributed by atoms with van der Waals surface area (Å²) in [4.78, 5) is 34.5. The lowest BCUT2D eigenvalue weighted by atomic mass is 10.1. The van der Waals surface area contributed by atoms with Crippen molar-refractivity contribution in [1.82, 2.24) is 10.6 Å². The van der Waals surface area contributed by atoms with Gasteiger partial charge in [0.05, 0.1) is 5.92 Å². The maximum atomic E-state index is 11.8. The molecule has 6 heteroatoms. The fraction of sp³-hybridized carbons (Fsp3) is 0.471. The van der Waals surface area contributed by atoms with Crippen LogP contribution in [0.5, 0.6) is 0 Å². The Morgan fingerprint density at radius 3 is 2.52 bits per heavy atom. The number of rotatable bonds is 7. The van der Waals surface area contributed by atoms with Crippen LogP contribution in [-0.4, -0.2) is 35.5 Å². The average Bonchev–Trinajstić information content (AvgIpc) is 3.01. The number of carbonyl (C=O) groups excluding carboxylic acids is 2. The summed E-state index contributed by atoms with van der Waals surface area (Å²) < 4.78 is 0. The van der Waals surface area contributed by atoms with E-state index in [1.807, 2.05) is 6.07 Å². The summed E-state index contributed by atoms with van der Waals surface area (Å²) in [5.41, 5.74) is 0.600. The third kappa shape index (κ3) is 5.39. The third-order valence-electron chi connectivity index (χ3n) is 4.05. The van der Waals surface area contributed by atoms with Gasteiger partial charge in [-0.2, -0.15) is 0 Å². The van der Waals surface area contributed by atoms with E-state index in [4.69, 9.17) is 5.11 Å². The molecule has 2 rings (SSSR count). The van der Waals surface area contributed by atoms with E-state index in [2.05, 4.69) is 10.6 Å². The molecule has 6 nitrogen and oxygen atoms in total. The number of carbonyl (C=O) groups is 3. The molecule has 0 aromatic heterocycles. The molecule has 1 aliphatic carbocycles. The largest absolute Gasteiger partial charge is 0.481 e. The molecule has 0 saturated heterocycles. The van der Waals surface area contributed by atoms with Gasteiger partial charge in [0.1, 0.15) is 0 Å². The lowest BCUT2D eigenvalue weighted by molar-refractivity contribution is -0.141. The first kappa shape index (κ1) is 17.0. The first-order valence-electron chi connectivity index (χ1n) is 7.91. The standard InChI is InChI=1S/C17H22N2O4/c20-15(19-14-9-8-13(11-14)17(22)23)7-4-10-18-16(21)12-5-2-1-3-6-12/h1-3,5-6,13-14H,4,7-11H2,(H,18,21)(H,19,20)(H,22,23)/t13-,14+/m1/s1. The summed E-state index contributed by atoms with van der Waals surface area (Å²) >= 11 is 0. The second-order valence-corrected chi connectivity index (χ2v) is 5.84. The van der Waals surface area contributed by atoms with Gasteiger partial charge in [0, 0.05) is 24.6 Å². The highest BCUT2D eigenvalue weighted by atomic mass is 16.4. The molecular weight excluding hydrogens is 296 g/mol. The number of nitrogens with one attached hydrogen (secondary N) is 2. The molecule has 1 saturated carbocycles. The van der Waals surface area contributed by atoms with E-state index in [1.54, 1.807) is 24.3 Å². The lowest BCUT2D eigenvalue weighted by Crippen LogP contribution is -2.34. The fourth-order valence-corrected chi connectivity index (χ4v) is 2.78. The van der Waals surface area contributed by atoms with Gasteiger partial charge in [0.15, 0.2) is 0 Å². The van der Waals surface area contributed by atoms with Gasteiger partial charge in [0.25, 0.3) is 5.91 Å². The Kier molecular flexibility index (Phi) is 6.14. The van der Waals surface area contributed by atoms with E-state index in [1.165, 1.54) is 0 Å². The van der Waals surface area contributed by atoms with Gasteiger partial charge < -0.3 is 15.7 Å². The molecule has 0 bridgehead atoms. The van der Waals surface area contributed by atoms with Gasteiger partial charge in [-0.05, 0) is 37.8 Å². The Morgan fingerprint density at radius 2 is 1.87 bits per heavy atom. The van der Waals surface area contributed by atoms with Crippen molar-refractivity contribution in [3.8, 4) is 0 Å². The molecule has 124 valence electrons. The number of hydrogen-bond donors (Lipinski definition) is 3. The van der Waals surface area contributed by atoms with Crippen LogP contribution >= 0.6 is 0 Å². The summed E-state index contributed by atoms with van der Waals surface area (Å²) in [6, 6.07) is 8.88. The molecule has 0 aliphatic heterocycles. The minimum atomic E-state index is -0.787. The third-order valence-corrected chi connectivity index (χ3v) is 4.05. The second-order valence-electron chi connectivity index (χ2n) is 5.84. The van der Waals surface area contributed by atoms with Crippen molar-refractivity contribution in [2.45, 2.75) is 38.1 Å². The van der Waals surface area contributed by atoms with Crippen LogP contribution in [0.15, 0.2) is 30.3 Å². The van der Waals surface area contributed by atoms with Crippen molar-refractivity contribution in [2.24, 2.45) is 5.92 Å². The molecule has 1 fully saturated rings. The normalized spacial score (nSPS) is 20.0. The number of aliphatic carboxylic acids is 1. The molecule has 2 atom stereocenters. The summed E-state index contributed by atoms with van der Waals surface area (Å²) in [6.45, 7) is 0.434. The predicted octanol–water partition coefficient (Wildman–Crippen LogP) is 1.57. The van der Waals surface area contributed by atoms with Crippen molar-refractivity contribution >= 4 is 17.8 Å². The molecular formula is C17H22N2O4. The van der Waals surface area contributed by atoms with Gasteiger partial charge in [-0.15, -0.1) is 0 Å². The molecule has 0 heterocycles. The Bertz CT molecular complexity index is 559. The lowest BCUT2D eigenvalue weighted by Gasteiger charge is -2.12. The maximum absolute atomic E-state index is 11.8. The summed E-state index contributed by atoms with van der Waals surface area (Å²) in [6.07, 6.45) is 2.72. The molecule has 1 aromatic rings. The molecule has 1 aliphatic rings. The average molecular weight is 318 g/mol. The van der Waals surface area contributed by atoms with E-state index >= 15 is 0 Å². The van der Waals surface area contributed by atoms with Crippen LogP contribution in [0.25, 0.3) is 0 Å². The van der Waals surface area contributed by atoms with E-state index in [0.29, 0.717) is 44.2 Å². The minimum absolute atomic E-state index is 0.0393.